The third-order valence-corrected chi connectivity index (χ3v) is 2.89. The number of anilines is 1. The Kier molecular flexibility index (Phi) is 4.52. The normalized spacial score (nSPS) is 11.6. The first-order valence-electron chi connectivity index (χ1n) is 6.25. The maximum absolute atomic E-state index is 4.76. The molecule has 3 nitrogen and oxygen atoms in total. The van der Waals surface area contributed by atoms with Gasteiger partial charge in [0.05, 0.1) is 0 Å². The maximum Gasteiger partial charge on any atom is 0.128 e. The molecule has 0 spiro atoms. The van der Waals surface area contributed by atoms with E-state index in [-0.39, 0.29) is 5.41 Å². The Morgan fingerprint density at radius 3 is 2.41 bits per heavy atom. The minimum atomic E-state index is 0.0904. The van der Waals surface area contributed by atoms with E-state index in [1.54, 1.807) is 0 Å². The Hall–Kier alpha value is -1.09. The number of hydrogen-bond donors (Lipinski definition) is 1. The van der Waals surface area contributed by atoms with E-state index in [0.29, 0.717) is 0 Å². The average Bonchev–Trinajstić information content (AvgIpc) is 2.27. The summed E-state index contributed by atoms with van der Waals surface area (Å²) in [7, 11) is 4.05. The van der Waals surface area contributed by atoms with E-state index in [4.69, 9.17) is 4.98 Å². The largest absolute Gasteiger partial charge is 0.360 e. The van der Waals surface area contributed by atoms with Crippen molar-refractivity contribution in [1.82, 2.24) is 10.3 Å². The zero-order valence-electron chi connectivity index (χ0n) is 12.0. The summed E-state index contributed by atoms with van der Waals surface area (Å²) in [6, 6.07) is 4.36. The van der Waals surface area contributed by atoms with Gasteiger partial charge < -0.3 is 10.2 Å². The van der Waals surface area contributed by atoms with Crippen molar-refractivity contribution in [3.05, 3.63) is 23.4 Å². The number of pyridine rings is 1. The lowest BCUT2D eigenvalue weighted by atomic mass is 9.90. The molecule has 0 aromatic carbocycles. The molecule has 0 saturated heterocycles. The van der Waals surface area contributed by atoms with Crippen molar-refractivity contribution in [2.24, 2.45) is 0 Å². The lowest BCUT2D eigenvalue weighted by molar-refractivity contribution is 0.566. The highest BCUT2D eigenvalue weighted by atomic mass is 15.2. The van der Waals surface area contributed by atoms with Crippen molar-refractivity contribution < 1.29 is 0 Å². The Morgan fingerprint density at radius 1 is 1.29 bits per heavy atom. The fourth-order valence-corrected chi connectivity index (χ4v) is 1.62. The van der Waals surface area contributed by atoms with E-state index in [1.165, 1.54) is 5.56 Å². The van der Waals surface area contributed by atoms with Crippen LogP contribution in [0.3, 0.4) is 0 Å². The highest BCUT2D eigenvalue weighted by Crippen LogP contribution is 2.24. The third-order valence-electron chi connectivity index (χ3n) is 2.89. The van der Waals surface area contributed by atoms with Gasteiger partial charge in [-0.2, -0.15) is 0 Å². The van der Waals surface area contributed by atoms with Gasteiger partial charge in [-0.3, -0.25) is 0 Å². The Labute approximate surface area is 105 Å². The van der Waals surface area contributed by atoms with Crippen molar-refractivity contribution in [3.63, 3.8) is 0 Å². The van der Waals surface area contributed by atoms with Crippen LogP contribution in [0.25, 0.3) is 0 Å². The van der Waals surface area contributed by atoms with E-state index >= 15 is 0 Å². The van der Waals surface area contributed by atoms with Crippen LogP contribution in [0.15, 0.2) is 12.1 Å². The molecule has 1 aromatic heterocycles. The third kappa shape index (κ3) is 3.70. The zero-order valence-corrected chi connectivity index (χ0v) is 12.0. The van der Waals surface area contributed by atoms with Gasteiger partial charge in [-0.25, -0.2) is 4.98 Å². The number of nitrogens with one attached hydrogen (secondary N) is 1. The summed E-state index contributed by atoms with van der Waals surface area (Å²) in [4.78, 5) is 6.93. The molecular weight excluding hydrogens is 210 g/mol. The molecule has 0 saturated carbocycles. The molecule has 1 heterocycles. The lowest BCUT2D eigenvalue weighted by Gasteiger charge is -2.23. The molecular formula is C14H25N3. The fraction of sp³-hybridized carbons (Fsp3) is 0.643. The van der Waals surface area contributed by atoms with Crippen LogP contribution in [0.1, 0.15) is 39.0 Å². The van der Waals surface area contributed by atoms with Crippen LogP contribution in [-0.4, -0.2) is 25.6 Å². The maximum atomic E-state index is 4.76. The molecule has 1 N–H and O–H groups in total. The van der Waals surface area contributed by atoms with Crippen molar-refractivity contribution in [1.29, 1.82) is 0 Å². The van der Waals surface area contributed by atoms with E-state index in [1.807, 2.05) is 7.05 Å². The zero-order chi connectivity index (χ0) is 13.1. The first-order chi connectivity index (χ1) is 7.88. The van der Waals surface area contributed by atoms with Crippen molar-refractivity contribution in [2.75, 3.05) is 25.5 Å². The number of hydrogen-bond acceptors (Lipinski definition) is 3. The van der Waals surface area contributed by atoms with Gasteiger partial charge in [-0.05, 0) is 31.7 Å². The van der Waals surface area contributed by atoms with Crippen LogP contribution in [0.4, 0.5) is 5.82 Å². The van der Waals surface area contributed by atoms with Gasteiger partial charge in [0.15, 0.2) is 0 Å². The van der Waals surface area contributed by atoms with Crippen LogP contribution in [-0.2, 0) is 12.0 Å². The average molecular weight is 235 g/mol. The van der Waals surface area contributed by atoms with Crippen LogP contribution in [0.5, 0.6) is 0 Å². The summed E-state index contributed by atoms with van der Waals surface area (Å²) in [5, 5.41) is 3.20. The number of rotatable bonds is 4. The van der Waals surface area contributed by atoms with Gasteiger partial charge in [0.1, 0.15) is 5.82 Å². The smallest absolute Gasteiger partial charge is 0.128 e. The van der Waals surface area contributed by atoms with Gasteiger partial charge in [0, 0.05) is 31.2 Å². The highest BCUT2D eigenvalue weighted by molar-refractivity contribution is 5.43. The van der Waals surface area contributed by atoms with Crippen LogP contribution in [0.2, 0.25) is 0 Å². The quantitative estimate of drug-likeness (QED) is 0.869. The molecule has 0 unspecified atom stereocenters. The SMILES string of the molecule is CCN(C)c1cc(CNC)cc(C(C)(C)C)n1. The van der Waals surface area contributed by atoms with Gasteiger partial charge >= 0.3 is 0 Å². The molecule has 0 aliphatic heterocycles. The number of nitrogens with zero attached hydrogens (tertiary/aromatic N) is 2. The molecule has 0 atom stereocenters. The molecule has 0 amide bonds. The van der Waals surface area contributed by atoms with Crippen LogP contribution >= 0.6 is 0 Å². The first kappa shape index (κ1) is 14.0. The second-order valence-electron chi connectivity index (χ2n) is 5.51. The molecule has 0 bridgehead atoms. The van der Waals surface area contributed by atoms with Crippen molar-refractivity contribution in [3.8, 4) is 0 Å². The minimum absolute atomic E-state index is 0.0904. The minimum Gasteiger partial charge on any atom is -0.360 e. The predicted molar refractivity (Wildman–Crippen MR) is 74.6 cm³/mol. The summed E-state index contributed by atoms with van der Waals surface area (Å²) < 4.78 is 0. The Balaban J connectivity index is 3.18. The molecule has 0 aliphatic carbocycles. The first-order valence-corrected chi connectivity index (χ1v) is 6.25. The Morgan fingerprint density at radius 2 is 1.94 bits per heavy atom. The predicted octanol–water partition coefficient (Wildman–Crippen LogP) is 2.55. The molecule has 0 radical (unpaired) electrons. The highest BCUT2D eigenvalue weighted by Gasteiger charge is 2.17. The van der Waals surface area contributed by atoms with Crippen LogP contribution in [0, 0.1) is 0 Å². The second-order valence-corrected chi connectivity index (χ2v) is 5.51. The molecule has 1 rings (SSSR count). The summed E-state index contributed by atoms with van der Waals surface area (Å²) in [6.45, 7) is 10.6. The fourth-order valence-electron chi connectivity index (χ4n) is 1.62. The second kappa shape index (κ2) is 5.50. The standard InChI is InChI=1S/C14H25N3/c1-7-17(6)13-9-11(10-15-5)8-12(16-13)14(2,3)4/h8-9,15H,7,10H2,1-6H3. The summed E-state index contributed by atoms with van der Waals surface area (Å²) >= 11 is 0. The lowest BCUT2D eigenvalue weighted by Crippen LogP contribution is -2.22. The van der Waals surface area contributed by atoms with Gasteiger partial charge in [-0.15, -0.1) is 0 Å². The molecule has 0 fully saturated rings. The Bertz CT molecular complexity index is 366. The molecule has 3 heteroatoms. The number of aromatic nitrogens is 1. The van der Waals surface area contributed by atoms with Crippen molar-refractivity contribution in [2.45, 2.75) is 39.7 Å². The molecule has 1 aromatic rings. The molecule has 17 heavy (non-hydrogen) atoms. The summed E-state index contributed by atoms with van der Waals surface area (Å²) in [5.74, 6) is 1.06. The summed E-state index contributed by atoms with van der Waals surface area (Å²) in [5.41, 5.74) is 2.54. The van der Waals surface area contributed by atoms with Crippen molar-refractivity contribution >= 4 is 5.82 Å². The van der Waals surface area contributed by atoms with E-state index in [0.717, 1.165) is 24.6 Å². The molecule has 0 aliphatic rings. The monoisotopic (exact) mass is 235 g/mol. The van der Waals surface area contributed by atoms with E-state index < -0.39 is 0 Å². The van der Waals surface area contributed by atoms with Gasteiger partial charge in [-0.1, -0.05) is 20.8 Å². The van der Waals surface area contributed by atoms with E-state index in [9.17, 15) is 0 Å². The van der Waals surface area contributed by atoms with Crippen LogP contribution < -0.4 is 10.2 Å². The molecule has 96 valence electrons. The van der Waals surface area contributed by atoms with E-state index in [2.05, 4.69) is 57.1 Å². The van der Waals surface area contributed by atoms with Gasteiger partial charge in [0.25, 0.3) is 0 Å². The van der Waals surface area contributed by atoms with Gasteiger partial charge in [0.2, 0.25) is 0 Å². The topological polar surface area (TPSA) is 28.2 Å². The summed E-state index contributed by atoms with van der Waals surface area (Å²) in [6.07, 6.45) is 0.